The third kappa shape index (κ3) is 6.62. The summed E-state index contributed by atoms with van der Waals surface area (Å²) in [5, 5.41) is 6.73. The third-order valence-corrected chi connectivity index (χ3v) is 4.10. The van der Waals surface area contributed by atoms with Gasteiger partial charge in [0.1, 0.15) is 12.3 Å². The highest BCUT2D eigenvalue weighted by Gasteiger charge is 2.16. The van der Waals surface area contributed by atoms with Gasteiger partial charge >= 0.3 is 0 Å². The van der Waals surface area contributed by atoms with Gasteiger partial charge in [-0.2, -0.15) is 0 Å². The molecule has 0 amide bonds. The molecule has 0 aliphatic carbocycles. The molecular formula is C17H31N5O. The van der Waals surface area contributed by atoms with Crippen molar-refractivity contribution in [1.82, 2.24) is 20.4 Å². The molecule has 1 atom stereocenters. The van der Waals surface area contributed by atoms with E-state index >= 15 is 0 Å². The fraction of sp³-hybridized carbons (Fsp3) is 0.706. The van der Waals surface area contributed by atoms with Crippen LogP contribution in [0.4, 0.5) is 0 Å². The fourth-order valence-electron chi connectivity index (χ4n) is 2.71. The minimum Gasteiger partial charge on any atom is -0.467 e. The lowest BCUT2D eigenvalue weighted by Crippen LogP contribution is -2.47. The summed E-state index contributed by atoms with van der Waals surface area (Å²) in [6, 6.07) is 3.84. The highest BCUT2D eigenvalue weighted by Crippen LogP contribution is 2.04. The molecule has 130 valence electrons. The van der Waals surface area contributed by atoms with Gasteiger partial charge in [0.05, 0.1) is 6.26 Å². The van der Waals surface area contributed by atoms with Gasteiger partial charge in [-0.1, -0.05) is 6.92 Å². The van der Waals surface area contributed by atoms with E-state index < -0.39 is 0 Å². The molecule has 1 unspecified atom stereocenters. The molecule has 0 bridgehead atoms. The Balaban J connectivity index is 1.73. The molecule has 1 aromatic heterocycles. The minimum absolute atomic E-state index is 0.565. The lowest BCUT2D eigenvalue weighted by Gasteiger charge is -2.34. The molecule has 2 N–H and O–H groups in total. The second-order valence-corrected chi connectivity index (χ2v) is 6.36. The molecule has 23 heavy (non-hydrogen) atoms. The quantitative estimate of drug-likeness (QED) is 0.584. The average molecular weight is 321 g/mol. The number of nitrogens with zero attached hydrogens (tertiary/aromatic N) is 3. The molecule has 1 saturated heterocycles. The van der Waals surface area contributed by atoms with Crippen LogP contribution < -0.4 is 10.6 Å². The van der Waals surface area contributed by atoms with Crippen LogP contribution in [0.15, 0.2) is 27.8 Å². The first-order valence-electron chi connectivity index (χ1n) is 8.62. The Morgan fingerprint density at radius 3 is 2.74 bits per heavy atom. The van der Waals surface area contributed by atoms with E-state index in [-0.39, 0.29) is 0 Å². The molecule has 1 fully saturated rings. The molecule has 0 radical (unpaired) electrons. The van der Waals surface area contributed by atoms with Gasteiger partial charge in [-0.3, -0.25) is 0 Å². The monoisotopic (exact) mass is 321 g/mol. The minimum atomic E-state index is 0.565. The smallest absolute Gasteiger partial charge is 0.191 e. The standard InChI is InChI=1S/C17H31N5O/c1-4-18-17(20-13-16-6-5-11-23-16)19-12-15(2)14-22-9-7-21(3)8-10-22/h5-6,11,15H,4,7-10,12-14H2,1-3H3,(H2,18,19,20). The molecule has 0 aromatic carbocycles. The summed E-state index contributed by atoms with van der Waals surface area (Å²) in [4.78, 5) is 9.51. The van der Waals surface area contributed by atoms with Crippen LogP contribution in [0.25, 0.3) is 0 Å². The first kappa shape index (κ1) is 17.8. The Morgan fingerprint density at radius 1 is 1.30 bits per heavy atom. The summed E-state index contributed by atoms with van der Waals surface area (Å²) >= 11 is 0. The van der Waals surface area contributed by atoms with Gasteiger partial charge in [-0.25, -0.2) is 4.99 Å². The Morgan fingerprint density at radius 2 is 2.09 bits per heavy atom. The Labute approximate surface area is 139 Å². The number of hydrogen-bond acceptors (Lipinski definition) is 4. The maximum absolute atomic E-state index is 5.32. The topological polar surface area (TPSA) is 56.0 Å². The summed E-state index contributed by atoms with van der Waals surface area (Å²) in [5.74, 6) is 2.33. The third-order valence-electron chi connectivity index (χ3n) is 4.10. The maximum atomic E-state index is 5.32. The summed E-state index contributed by atoms with van der Waals surface area (Å²) < 4.78 is 5.32. The number of likely N-dealkylation sites (N-methyl/N-ethyl adjacent to an activating group) is 1. The van der Waals surface area contributed by atoms with E-state index in [1.807, 2.05) is 12.1 Å². The van der Waals surface area contributed by atoms with E-state index in [2.05, 4.69) is 46.3 Å². The van der Waals surface area contributed by atoms with Crippen molar-refractivity contribution >= 4 is 5.96 Å². The van der Waals surface area contributed by atoms with Gasteiger partial charge < -0.3 is 24.9 Å². The van der Waals surface area contributed by atoms with Crippen molar-refractivity contribution in [1.29, 1.82) is 0 Å². The number of hydrogen-bond donors (Lipinski definition) is 2. The van der Waals surface area contributed by atoms with E-state index in [0.29, 0.717) is 12.5 Å². The molecular weight excluding hydrogens is 290 g/mol. The van der Waals surface area contributed by atoms with Crippen LogP contribution in [0.5, 0.6) is 0 Å². The van der Waals surface area contributed by atoms with Gasteiger partial charge in [0, 0.05) is 45.8 Å². The Kier molecular flexibility index (Phi) is 7.42. The van der Waals surface area contributed by atoms with Crippen molar-refractivity contribution in [3.05, 3.63) is 24.2 Å². The predicted octanol–water partition coefficient (Wildman–Crippen LogP) is 1.22. The number of furan rings is 1. The first-order chi connectivity index (χ1) is 11.2. The summed E-state index contributed by atoms with van der Waals surface area (Å²) in [7, 11) is 2.19. The molecule has 1 aliphatic heterocycles. The van der Waals surface area contributed by atoms with E-state index in [1.165, 1.54) is 26.2 Å². The van der Waals surface area contributed by atoms with Crippen LogP contribution in [0.2, 0.25) is 0 Å². The van der Waals surface area contributed by atoms with Crippen LogP contribution in [0.3, 0.4) is 0 Å². The van der Waals surface area contributed by atoms with E-state index in [9.17, 15) is 0 Å². The number of guanidine groups is 1. The fourth-order valence-corrected chi connectivity index (χ4v) is 2.71. The molecule has 1 aliphatic rings. The average Bonchev–Trinajstić information content (AvgIpc) is 3.06. The van der Waals surface area contributed by atoms with Crippen molar-refractivity contribution in [3.63, 3.8) is 0 Å². The van der Waals surface area contributed by atoms with Gasteiger partial charge in [0.15, 0.2) is 5.96 Å². The lowest BCUT2D eigenvalue weighted by atomic mass is 10.1. The van der Waals surface area contributed by atoms with E-state index in [4.69, 9.17) is 4.42 Å². The number of aliphatic imine (C=N–C) groups is 1. The lowest BCUT2D eigenvalue weighted by molar-refractivity contribution is 0.139. The predicted molar refractivity (Wildman–Crippen MR) is 94.6 cm³/mol. The van der Waals surface area contributed by atoms with E-state index in [1.54, 1.807) is 6.26 Å². The largest absolute Gasteiger partial charge is 0.467 e. The zero-order valence-corrected chi connectivity index (χ0v) is 14.7. The summed E-state index contributed by atoms with van der Waals surface area (Å²) in [6.45, 7) is 12.6. The zero-order valence-electron chi connectivity index (χ0n) is 14.7. The van der Waals surface area contributed by atoms with Crippen LogP contribution in [-0.4, -0.2) is 68.6 Å². The van der Waals surface area contributed by atoms with Crippen molar-refractivity contribution in [3.8, 4) is 0 Å². The van der Waals surface area contributed by atoms with Crippen molar-refractivity contribution in [2.45, 2.75) is 20.4 Å². The van der Waals surface area contributed by atoms with Crippen molar-refractivity contribution in [2.75, 3.05) is 52.9 Å². The van der Waals surface area contributed by atoms with Crippen molar-refractivity contribution < 1.29 is 4.42 Å². The molecule has 6 nitrogen and oxygen atoms in total. The second kappa shape index (κ2) is 9.57. The number of piperazine rings is 1. The van der Waals surface area contributed by atoms with Crippen LogP contribution in [0.1, 0.15) is 19.6 Å². The highest BCUT2D eigenvalue weighted by molar-refractivity contribution is 5.79. The summed E-state index contributed by atoms with van der Waals surface area (Å²) in [5.41, 5.74) is 0. The van der Waals surface area contributed by atoms with Crippen LogP contribution in [-0.2, 0) is 6.54 Å². The summed E-state index contributed by atoms with van der Waals surface area (Å²) in [6.07, 6.45) is 1.68. The number of rotatable bonds is 7. The van der Waals surface area contributed by atoms with Crippen molar-refractivity contribution in [2.24, 2.45) is 10.9 Å². The first-order valence-corrected chi connectivity index (χ1v) is 8.62. The van der Waals surface area contributed by atoms with Gasteiger partial charge in [0.2, 0.25) is 0 Å². The molecule has 2 heterocycles. The van der Waals surface area contributed by atoms with Gasteiger partial charge in [0.25, 0.3) is 0 Å². The van der Waals surface area contributed by atoms with Crippen LogP contribution in [0, 0.1) is 5.92 Å². The highest BCUT2D eigenvalue weighted by atomic mass is 16.3. The SMILES string of the molecule is CCNC(=NCc1ccco1)NCC(C)CN1CCN(C)CC1. The van der Waals surface area contributed by atoms with E-state index in [0.717, 1.165) is 31.4 Å². The second-order valence-electron chi connectivity index (χ2n) is 6.36. The molecule has 1 aromatic rings. The van der Waals surface area contributed by atoms with Gasteiger partial charge in [-0.15, -0.1) is 0 Å². The maximum Gasteiger partial charge on any atom is 0.191 e. The zero-order chi connectivity index (χ0) is 16.5. The Hall–Kier alpha value is -1.53. The molecule has 0 saturated carbocycles. The molecule has 0 spiro atoms. The Bertz CT molecular complexity index is 452. The normalized spacial score (nSPS) is 18.8. The molecule has 6 heteroatoms. The van der Waals surface area contributed by atoms with Gasteiger partial charge in [-0.05, 0) is 32.0 Å². The van der Waals surface area contributed by atoms with Crippen LogP contribution >= 0.6 is 0 Å². The molecule has 2 rings (SSSR count). The number of nitrogens with one attached hydrogen (secondary N) is 2.